The van der Waals surface area contributed by atoms with Crippen molar-refractivity contribution in [2.45, 2.75) is 18.9 Å². The summed E-state index contributed by atoms with van der Waals surface area (Å²) in [6.45, 7) is 1.27. The maximum Gasteiger partial charge on any atom is 0.335 e. The Morgan fingerprint density at radius 3 is 2.60 bits per heavy atom. The largest absolute Gasteiger partial charge is 0.496 e. The second-order valence-corrected chi connectivity index (χ2v) is 3.57. The van der Waals surface area contributed by atoms with Crippen LogP contribution in [0.5, 0.6) is 5.75 Å². The maximum atomic E-state index is 10.7. The summed E-state index contributed by atoms with van der Waals surface area (Å²) < 4.78 is 5.07. The molecule has 0 fully saturated rings. The van der Waals surface area contributed by atoms with Crippen molar-refractivity contribution in [1.29, 1.82) is 0 Å². The van der Waals surface area contributed by atoms with Crippen molar-refractivity contribution >= 4 is 5.97 Å². The van der Waals surface area contributed by atoms with Crippen LogP contribution in [-0.2, 0) is 11.2 Å². The van der Waals surface area contributed by atoms with Crippen LogP contribution < -0.4 is 4.74 Å². The molecule has 0 amide bonds. The van der Waals surface area contributed by atoms with Crippen molar-refractivity contribution in [1.82, 2.24) is 0 Å². The van der Waals surface area contributed by atoms with E-state index >= 15 is 0 Å². The summed E-state index contributed by atoms with van der Waals surface area (Å²) in [5, 5.41) is 18.4. The van der Waals surface area contributed by atoms with Crippen LogP contribution >= 0.6 is 0 Å². The lowest BCUT2D eigenvalue weighted by molar-refractivity contribution is -0.156. The van der Waals surface area contributed by atoms with E-state index in [1.807, 2.05) is 0 Å². The van der Waals surface area contributed by atoms with Crippen molar-refractivity contribution in [3.8, 4) is 5.75 Å². The Hall–Kier alpha value is -1.55. The van der Waals surface area contributed by atoms with Gasteiger partial charge in [-0.1, -0.05) is 18.2 Å². The Labute approximate surface area is 88.1 Å². The third-order valence-electron chi connectivity index (χ3n) is 2.19. The second-order valence-electron chi connectivity index (χ2n) is 3.57. The van der Waals surface area contributed by atoms with Crippen molar-refractivity contribution in [3.63, 3.8) is 0 Å². The fourth-order valence-corrected chi connectivity index (χ4v) is 1.30. The van der Waals surface area contributed by atoms with Crippen LogP contribution in [0.1, 0.15) is 12.5 Å². The Kier molecular flexibility index (Phi) is 3.31. The molecule has 1 rings (SSSR count). The van der Waals surface area contributed by atoms with Gasteiger partial charge in [0.15, 0.2) is 5.60 Å². The van der Waals surface area contributed by atoms with Gasteiger partial charge in [0.2, 0.25) is 0 Å². The molecule has 1 aromatic rings. The number of carboxylic acid groups (broad SMARTS) is 1. The van der Waals surface area contributed by atoms with Crippen LogP contribution in [0.15, 0.2) is 24.3 Å². The van der Waals surface area contributed by atoms with Crippen molar-refractivity contribution in [2.24, 2.45) is 0 Å². The lowest BCUT2D eigenvalue weighted by Crippen LogP contribution is -2.37. The lowest BCUT2D eigenvalue weighted by Gasteiger charge is -2.19. The van der Waals surface area contributed by atoms with Crippen LogP contribution in [0, 0.1) is 0 Å². The number of carboxylic acids is 1. The Morgan fingerprint density at radius 2 is 2.07 bits per heavy atom. The molecular weight excluding hydrogens is 196 g/mol. The van der Waals surface area contributed by atoms with Gasteiger partial charge < -0.3 is 14.9 Å². The van der Waals surface area contributed by atoms with E-state index in [1.165, 1.54) is 14.0 Å². The highest BCUT2D eigenvalue weighted by molar-refractivity contribution is 5.77. The normalized spacial score (nSPS) is 14.3. The number of aliphatic carboxylic acids is 1. The van der Waals surface area contributed by atoms with Gasteiger partial charge in [-0.15, -0.1) is 0 Å². The van der Waals surface area contributed by atoms with Gasteiger partial charge in [0.1, 0.15) is 5.75 Å². The number of methoxy groups -OCH3 is 1. The van der Waals surface area contributed by atoms with Gasteiger partial charge in [-0.2, -0.15) is 0 Å². The zero-order chi connectivity index (χ0) is 11.5. The molecule has 1 aromatic carbocycles. The van der Waals surface area contributed by atoms with Gasteiger partial charge in [-0.05, 0) is 18.6 Å². The first-order valence-electron chi connectivity index (χ1n) is 4.55. The maximum absolute atomic E-state index is 10.7. The number of benzene rings is 1. The van der Waals surface area contributed by atoms with Crippen LogP contribution in [0.4, 0.5) is 0 Å². The number of hydrogen-bond acceptors (Lipinski definition) is 3. The van der Waals surface area contributed by atoms with E-state index in [-0.39, 0.29) is 6.42 Å². The van der Waals surface area contributed by atoms with Crippen molar-refractivity contribution in [3.05, 3.63) is 29.8 Å². The molecule has 1 atom stereocenters. The summed E-state index contributed by atoms with van der Waals surface area (Å²) in [6, 6.07) is 7.02. The molecule has 1 unspecified atom stereocenters. The highest BCUT2D eigenvalue weighted by Crippen LogP contribution is 2.22. The molecule has 15 heavy (non-hydrogen) atoms. The minimum Gasteiger partial charge on any atom is -0.496 e. The molecule has 0 aliphatic heterocycles. The highest BCUT2D eigenvalue weighted by Gasteiger charge is 2.30. The summed E-state index contributed by atoms with van der Waals surface area (Å²) in [7, 11) is 1.51. The SMILES string of the molecule is COc1ccccc1CC(C)(O)C(=O)O. The first kappa shape index (κ1) is 11.5. The molecule has 0 aliphatic carbocycles. The molecule has 0 saturated heterocycles. The Balaban J connectivity index is 2.94. The van der Waals surface area contributed by atoms with Gasteiger partial charge in [-0.25, -0.2) is 4.79 Å². The molecule has 82 valence electrons. The van der Waals surface area contributed by atoms with Crippen molar-refractivity contribution < 1.29 is 19.7 Å². The summed E-state index contributed by atoms with van der Waals surface area (Å²) in [4.78, 5) is 10.7. The number of ether oxygens (including phenoxy) is 1. The Morgan fingerprint density at radius 1 is 1.47 bits per heavy atom. The van der Waals surface area contributed by atoms with Gasteiger partial charge in [0, 0.05) is 6.42 Å². The molecule has 0 bridgehead atoms. The lowest BCUT2D eigenvalue weighted by atomic mass is 9.96. The van der Waals surface area contributed by atoms with E-state index in [0.29, 0.717) is 11.3 Å². The predicted molar refractivity (Wildman–Crippen MR) is 55.0 cm³/mol. The topological polar surface area (TPSA) is 66.8 Å². The van der Waals surface area contributed by atoms with Crippen molar-refractivity contribution in [2.75, 3.05) is 7.11 Å². The number of rotatable bonds is 4. The standard InChI is InChI=1S/C11H14O4/c1-11(14,10(12)13)7-8-5-3-4-6-9(8)15-2/h3-6,14H,7H2,1-2H3,(H,12,13). The van der Waals surface area contributed by atoms with Crippen LogP contribution in [-0.4, -0.2) is 28.9 Å². The van der Waals surface area contributed by atoms with Gasteiger partial charge >= 0.3 is 5.97 Å². The van der Waals surface area contributed by atoms with Gasteiger partial charge in [0.25, 0.3) is 0 Å². The predicted octanol–water partition coefficient (Wildman–Crippen LogP) is 1.07. The molecule has 0 saturated carbocycles. The minimum absolute atomic E-state index is 0.0202. The first-order valence-corrected chi connectivity index (χ1v) is 4.55. The van der Waals surface area contributed by atoms with E-state index in [2.05, 4.69) is 0 Å². The molecule has 0 radical (unpaired) electrons. The average Bonchev–Trinajstić information content (AvgIpc) is 2.18. The number of hydrogen-bond donors (Lipinski definition) is 2. The fourth-order valence-electron chi connectivity index (χ4n) is 1.30. The molecule has 0 spiro atoms. The van der Waals surface area contributed by atoms with Crippen LogP contribution in [0.3, 0.4) is 0 Å². The zero-order valence-electron chi connectivity index (χ0n) is 8.73. The van der Waals surface area contributed by atoms with Gasteiger partial charge in [-0.3, -0.25) is 0 Å². The summed E-state index contributed by atoms with van der Waals surface area (Å²) in [5.41, 5.74) is -1.10. The average molecular weight is 210 g/mol. The highest BCUT2D eigenvalue weighted by atomic mass is 16.5. The van der Waals surface area contributed by atoms with Gasteiger partial charge in [0.05, 0.1) is 7.11 Å². The number of carbonyl (C=O) groups is 1. The summed E-state index contributed by atoms with van der Waals surface area (Å²) in [5.74, 6) is -0.660. The molecule has 0 aliphatic rings. The van der Waals surface area contributed by atoms with Crippen LogP contribution in [0.25, 0.3) is 0 Å². The van der Waals surface area contributed by atoms with E-state index in [4.69, 9.17) is 9.84 Å². The van der Waals surface area contributed by atoms with E-state index in [1.54, 1.807) is 24.3 Å². The quantitative estimate of drug-likeness (QED) is 0.780. The third kappa shape index (κ3) is 2.70. The zero-order valence-corrected chi connectivity index (χ0v) is 8.73. The monoisotopic (exact) mass is 210 g/mol. The fraction of sp³-hybridized carbons (Fsp3) is 0.364. The first-order chi connectivity index (χ1) is 6.97. The van der Waals surface area contributed by atoms with E-state index in [0.717, 1.165) is 0 Å². The van der Waals surface area contributed by atoms with Crippen LogP contribution in [0.2, 0.25) is 0 Å². The van der Waals surface area contributed by atoms with E-state index in [9.17, 15) is 9.90 Å². The molecule has 2 N–H and O–H groups in total. The third-order valence-corrected chi connectivity index (χ3v) is 2.19. The van der Waals surface area contributed by atoms with E-state index < -0.39 is 11.6 Å². The summed E-state index contributed by atoms with van der Waals surface area (Å²) in [6.07, 6.45) is 0.0202. The number of para-hydroxylation sites is 1. The molecule has 4 nitrogen and oxygen atoms in total. The second kappa shape index (κ2) is 4.31. The number of aliphatic hydroxyl groups is 1. The summed E-state index contributed by atoms with van der Waals surface area (Å²) >= 11 is 0. The molecule has 4 heteroatoms. The molecule has 0 aromatic heterocycles. The smallest absolute Gasteiger partial charge is 0.335 e. The molecule has 0 heterocycles. The Bertz CT molecular complexity index is 357. The minimum atomic E-state index is -1.77. The molecular formula is C11H14O4.